The van der Waals surface area contributed by atoms with E-state index in [1.807, 2.05) is 37.3 Å². The van der Waals surface area contributed by atoms with Gasteiger partial charge >= 0.3 is 0 Å². The Bertz CT molecular complexity index is 709. The highest BCUT2D eigenvalue weighted by molar-refractivity contribution is 5.78. The Labute approximate surface area is 144 Å². The quantitative estimate of drug-likeness (QED) is 0.825. The van der Waals surface area contributed by atoms with Gasteiger partial charge in [0.25, 0.3) is 0 Å². The molecule has 0 radical (unpaired) electrons. The van der Waals surface area contributed by atoms with Gasteiger partial charge in [0, 0.05) is 0 Å². The first-order valence-electron chi connectivity index (χ1n) is 8.78. The Morgan fingerprint density at radius 3 is 2.71 bits per heavy atom. The van der Waals surface area contributed by atoms with Gasteiger partial charge in [0.2, 0.25) is 5.91 Å². The number of nitrogens with one attached hydrogen (secondary N) is 1. The molecule has 1 amide bonds. The monoisotopic (exact) mass is 323 g/mol. The molecule has 2 aromatic carbocycles. The number of amides is 1. The second-order valence-electron chi connectivity index (χ2n) is 6.44. The van der Waals surface area contributed by atoms with Crippen LogP contribution in [0.15, 0.2) is 42.5 Å². The number of rotatable bonds is 6. The Morgan fingerprint density at radius 1 is 1.08 bits per heavy atom. The van der Waals surface area contributed by atoms with Crippen molar-refractivity contribution >= 4 is 5.91 Å². The van der Waals surface area contributed by atoms with Gasteiger partial charge in [0.15, 0.2) is 0 Å². The predicted molar refractivity (Wildman–Crippen MR) is 96.5 cm³/mol. The molecule has 0 aromatic heterocycles. The highest BCUT2D eigenvalue weighted by Gasteiger charge is 2.10. The largest absolute Gasteiger partial charge is 0.492 e. The molecule has 0 saturated carbocycles. The molecule has 3 rings (SSSR count). The van der Waals surface area contributed by atoms with E-state index in [1.54, 1.807) is 0 Å². The molecule has 0 saturated heterocycles. The number of carbonyl (C=O) groups excluding carboxylic acids is 1. The van der Waals surface area contributed by atoms with Crippen molar-refractivity contribution in [3.63, 3.8) is 0 Å². The molecule has 0 heterocycles. The summed E-state index contributed by atoms with van der Waals surface area (Å²) in [6.07, 6.45) is 5.32. The second-order valence-corrected chi connectivity index (χ2v) is 6.44. The van der Waals surface area contributed by atoms with E-state index in [0.717, 1.165) is 23.3 Å². The molecule has 1 aliphatic rings. The highest BCUT2D eigenvalue weighted by atomic mass is 16.5. The molecule has 126 valence electrons. The lowest BCUT2D eigenvalue weighted by molar-refractivity contribution is -0.120. The molecule has 0 fully saturated rings. The third kappa shape index (κ3) is 4.38. The minimum atomic E-state index is 0.0401. The number of fused-ring (bicyclic) bond motifs is 1. The standard InChI is InChI=1S/C21H25NO2/c1-16-6-2-3-8-18(16)15-21(23)22-12-13-24-20-11-10-17-7-4-5-9-19(17)14-20/h2-3,6,8,10-11,14H,4-5,7,9,12-13,15H2,1H3,(H,22,23). The van der Waals surface area contributed by atoms with Crippen LogP contribution in [0, 0.1) is 6.92 Å². The minimum absolute atomic E-state index is 0.0401. The van der Waals surface area contributed by atoms with Crippen molar-refractivity contribution in [1.82, 2.24) is 5.32 Å². The Balaban J connectivity index is 1.42. The van der Waals surface area contributed by atoms with E-state index in [4.69, 9.17) is 4.74 Å². The lowest BCUT2D eigenvalue weighted by Gasteiger charge is -2.17. The molecular weight excluding hydrogens is 298 g/mol. The molecular formula is C21H25NO2. The van der Waals surface area contributed by atoms with Crippen LogP contribution in [0.3, 0.4) is 0 Å². The first kappa shape index (κ1) is 16.6. The van der Waals surface area contributed by atoms with Crippen LogP contribution in [-0.4, -0.2) is 19.1 Å². The van der Waals surface area contributed by atoms with Crippen molar-refractivity contribution in [2.24, 2.45) is 0 Å². The van der Waals surface area contributed by atoms with Gasteiger partial charge in [-0.3, -0.25) is 4.79 Å². The summed E-state index contributed by atoms with van der Waals surface area (Å²) in [5, 5.41) is 2.93. The Morgan fingerprint density at radius 2 is 1.88 bits per heavy atom. The van der Waals surface area contributed by atoms with Crippen LogP contribution in [0.25, 0.3) is 0 Å². The summed E-state index contributed by atoms with van der Waals surface area (Å²) < 4.78 is 5.78. The smallest absolute Gasteiger partial charge is 0.224 e. The molecule has 0 unspecified atom stereocenters. The summed E-state index contributed by atoms with van der Waals surface area (Å²) in [5.41, 5.74) is 5.10. The predicted octanol–water partition coefficient (Wildman–Crippen LogP) is 3.61. The molecule has 3 heteroatoms. The van der Waals surface area contributed by atoms with Crippen molar-refractivity contribution in [2.75, 3.05) is 13.2 Å². The van der Waals surface area contributed by atoms with E-state index < -0.39 is 0 Å². The van der Waals surface area contributed by atoms with Gasteiger partial charge in [-0.15, -0.1) is 0 Å². The van der Waals surface area contributed by atoms with Crippen molar-refractivity contribution < 1.29 is 9.53 Å². The van der Waals surface area contributed by atoms with Crippen LogP contribution in [0.2, 0.25) is 0 Å². The summed E-state index contributed by atoms with van der Waals surface area (Å²) >= 11 is 0. The van der Waals surface area contributed by atoms with E-state index in [2.05, 4.69) is 17.4 Å². The molecule has 24 heavy (non-hydrogen) atoms. The molecule has 0 atom stereocenters. The van der Waals surface area contributed by atoms with Crippen LogP contribution in [0.4, 0.5) is 0 Å². The van der Waals surface area contributed by atoms with Gasteiger partial charge in [-0.05, 0) is 67.0 Å². The second kappa shape index (κ2) is 8.00. The average molecular weight is 323 g/mol. The van der Waals surface area contributed by atoms with E-state index >= 15 is 0 Å². The molecule has 0 aliphatic heterocycles. The first-order chi connectivity index (χ1) is 11.7. The number of ether oxygens (including phenoxy) is 1. The topological polar surface area (TPSA) is 38.3 Å². The summed E-state index contributed by atoms with van der Waals surface area (Å²) in [7, 11) is 0. The number of hydrogen-bond donors (Lipinski definition) is 1. The third-order valence-corrected chi connectivity index (χ3v) is 4.63. The summed E-state index contributed by atoms with van der Waals surface area (Å²) in [4.78, 5) is 12.0. The first-order valence-corrected chi connectivity index (χ1v) is 8.78. The van der Waals surface area contributed by atoms with Crippen molar-refractivity contribution in [2.45, 2.75) is 39.0 Å². The number of hydrogen-bond acceptors (Lipinski definition) is 2. The van der Waals surface area contributed by atoms with Gasteiger partial charge in [0.1, 0.15) is 12.4 Å². The zero-order valence-corrected chi connectivity index (χ0v) is 14.3. The zero-order chi connectivity index (χ0) is 16.8. The molecule has 3 nitrogen and oxygen atoms in total. The normalized spacial score (nSPS) is 13.2. The van der Waals surface area contributed by atoms with Crippen LogP contribution < -0.4 is 10.1 Å². The van der Waals surface area contributed by atoms with E-state index in [9.17, 15) is 4.79 Å². The van der Waals surface area contributed by atoms with Gasteiger partial charge < -0.3 is 10.1 Å². The molecule has 0 spiro atoms. The van der Waals surface area contributed by atoms with Crippen LogP contribution >= 0.6 is 0 Å². The average Bonchev–Trinajstić information content (AvgIpc) is 2.60. The number of benzene rings is 2. The van der Waals surface area contributed by atoms with E-state index in [1.165, 1.54) is 30.4 Å². The van der Waals surface area contributed by atoms with E-state index in [-0.39, 0.29) is 5.91 Å². The number of aryl methyl sites for hydroxylation is 3. The minimum Gasteiger partial charge on any atom is -0.492 e. The maximum atomic E-state index is 12.0. The molecule has 1 aliphatic carbocycles. The van der Waals surface area contributed by atoms with E-state index in [0.29, 0.717) is 19.6 Å². The van der Waals surface area contributed by atoms with Crippen molar-refractivity contribution in [3.8, 4) is 5.75 Å². The zero-order valence-electron chi connectivity index (χ0n) is 14.3. The highest BCUT2D eigenvalue weighted by Crippen LogP contribution is 2.25. The summed E-state index contributed by atoms with van der Waals surface area (Å²) in [6.45, 7) is 3.06. The fourth-order valence-electron chi connectivity index (χ4n) is 3.20. The summed E-state index contributed by atoms with van der Waals surface area (Å²) in [5.74, 6) is 0.946. The van der Waals surface area contributed by atoms with Crippen LogP contribution in [-0.2, 0) is 24.1 Å². The van der Waals surface area contributed by atoms with Crippen LogP contribution in [0.5, 0.6) is 5.75 Å². The van der Waals surface area contributed by atoms with Gasteiger partial charge in [-0.1, -0.05) is 30.3 Å². The van der Waals surface area contributed by atoms with Gasteiger partial charge in [-0.2, -0.15) is 0 Å². The Kier molecular flexibility index (Phi) is 5.52. The fourth-order valence-corrected chi connectivity index (χ4v) is 3.20. The molecule has 2 aromatic rings. The lowest BCUT2D eigenvalue weighted by Crippen LogP contribution is -2.29. The maximum Gasteiger partial charge on any atom is 0.224 e. The SMILES string of the molecule is Cc1ccccc1CC(=O)NCCOc1ccc2c(c1)CCCC2. The lowest BCUT2D eigenvalue weighted by atomic mass is 9.92. The van der Waals surface area contributed by atoms with Crippen molar-refractivity contribution in [3.05, 3.63) is 64.7 Å². The van der Waals surface area contributed by atoms with Gasteiger partial charge in [0.05, 0.1) is 13.0 Å². The fraction of sp³-hybridized carbons (Fsp3) is 0.381. The van der Waals surface area contributed by atoms with Crippen LogP contribution in [0.1, 0.15) is 35.1 Å². The summed E-state index contributed by atoms with van der Waals surface area (Å²) in [6, 6.07) is 14.4. The number of carbonyl (C=O) groups is 1. The third-order valence-electron chi connectivity index (χ3n) is 4.63. The van der Waals surface area contributed by atoms with Gasteiger partial charge in [-0.25, -0.2) is 0 Å². The molecule has 0 bridgehead atoms. The maximum absolute atomic E-state index is 12.0. The Hall–Kier alpha value is -2.29. The molecule has 1 N–H and O–H groups in total. The van der Waals surface area contributed by atoms with Crippen molar-refractivity contribution in [1.29, 1.82) is 0 Å².